The van der Waals surface area contributed by atoms with Crippen molar-refractivity contribution in [3.63, 3.8) is 0 Å². The number of aryl methyl sites for hydroxylation is 1. The summed E-state index contributed by atoms with van der Waals surface area (Å²) in [6, 6.07) is 23.8. The second kappa shape index (κ2) is 12.1. The number of nitrogens with one attached hydrogen (secondary N) is 1. The Bertz CT molecular complexity index is 1450. The molecule has 6 nitrogen and oxygen atoms in total. The molecule has 8 heteroatoms. The van der Waals surface area contributed by atoms with Gasteiger partial charge in [0.25, 0.3) is 0 Å². The van der Waals surface area contributed by atoms with Crippen LogP contribution in [0.1, 0.15) is 27.0 Å². The molecule has 1 amide bonds. The molecular formula is C30H30AsN5OS. The zero-order valence-corrected chi connectivity index (χ0v) is 24.5. The van der Waals surface area contributed by atoms with Gasteiger partial charge in [-0.15, -0.1) is 0 Å². The second-order valence-electron chi connectivity index (χ2n) is 9.61. The van der Waals surface area contributed by atoms with Crippen molar-refractivity contribution >= 4 is 46.8 Å². The van der Waals surface area contributed by atoms with Crippen molar-refractivity contribution in [2.24, 2.45) is 0 Å². The number of hydrogen-bond donors (Lipinski definition) is 1. The van der Waals surface area contributed by atoms with Crippen molar-refractivity contribution in [1.29, 1.82) is 5.26 Å². The molecular weight excluding hydrogens is 553 g/mol. The summed E-state index contributed by atoms with van der Waals surface area (Å²) in [5.74, 6) is -0.0942. The van der Waals surface area contributed by atoms with Gasteiger partial charge in [-0.25, -0.2) is 0 Å². The summed E-state index contributed by atoms with van der Waals surface area (Å²) in [5, 5.41) is 14.2. The standard InChI is InChI=1S/C30H30AsN5OS/c1-21-3-12-26(17-27(21)31-30-34-28(20-38-30)24-8-4-22(18-32)5-9-24)33-29(37)25-10-6-23(7-11-25)19-36-15-13-35(2)14-16-36/h3-12,17,20,31H,13-16,19H2,1-2H3,(H,33,37). The number of nitrogens with zero attached hydrogens (tertiary/aromatic N) is 4. The minimum atomic E-state index is -0.654. The molecule has 2 heterocycles. The maximum absolute atomic E-state index is 13.0. The third kappa shape index (κ3) is 6.59. The van der Waals surface area contributed by atoms with Crippen molar-refractivity contribution in [2.75, 3.05) is 38.5 Å². The number of benzene rings is 3. The number of likely N-dealkylation sites (N-methyl/N-ethyl adjacent to an activating group) is 1. The van der Waals surface area contributed by atoms with Crippen LogP contribution < -0.4 is 13.5 Å². The fourth-order valence-corrected chi connectivity index (χ4v) is 8.21. The van der Waals surface area contributed by atoms with E-state index in [0.29, 0.717) is 11.1 Å². The quantitative estimate of drug-likeness (QED) is 0.338. The fourth-order valence-electron chi connectivity index (χ4n) is 4.36. The fraction of sp³-hybridized carbons (Fsp3) is 0.233. The molecule has 0 saturated carbocycles. The molecule has 5 rings (SSSR count). The normalized spacial score (nSPS) is 14.6. The second-order valence-corrected chi connectivity index (χ2v) is 13.9. The van der Waals surface area contributed by atoms with Crippen LogP contribution in [0.5, 0.6) is 0 Å². The van der Waals surface area contributed by atoms with Crippen LogP contribution in [-0.4, -0.2) is 69.7 Å². The van der Waals surface area contributed by atoms with Crippen molar-refractivity contribution in [3.8, 4) is 17.3 Å². The molecule has 0 bridgehead atoms. The van der Waals surface area contributed by atoms with Gasteiger partial charge in [-0.05, 0) is 7.05 Å². The van der Waals surface area contributed by atoms with Crippen LogP contribution in [0.2, 0.25) is 0 Å². The molecule has 4 aromatic rings. The molecule has 1 aliphatic rings. The molecule has 1 saturated heterocycles. The number of nitriles is 1. The van der Waals surface area contributed by atoms with Gasteiger partial charge in [-0.3, -0.25) is 0 Å². The van der Waals surface area contributed by atoms with Gasteiger partial charge in [0.05, 0.1) is 0 Å². The first-order chi connectivity index (χ1) is 18.5. The summed E-state index contributed by atoms with van der Waals surface area (Å²) in [6.45, 7) is 7.39. The number of hydrogen-bond acceptors (Lipinski definition) is 6. The first kappa shape index (κ1) is 26.3. The number of carbonyl (C=O) groups is 1. The summed E-state index contributed by atoms with van der Waals surface area (Å²) in [4.78, 5) is 22.6. The zero-order chi connectivity index (χ0) is 26.5. The molecule has 1 unspecified atom stereocenters. The first-order valence-electron chi connectivity index (χ1n) is 12.6. The summed E-state index contributed by atoms with van der Waals surface area (Å²) in [7, 11) is 2.16. The monoisotopic (exact) mass is 583 g/mol. The molecule has 1 N–H and O–H groups in total. The van der Waals surface area contributed by atoms with Crippen LogP contribution >= 0.6 is 11.3 Å². The average molecular weight is 584 g/mol. The Morgan fingerprint density at radius 1 is 1.05 bits per heavy atom. The Morgan fingerprint density at radius 2 is 1.79 bits per heavy atom. The van der Waals surface area contributed by atoms with Gasteiger partial charge < -0.3 is 4.90 Å². The van der Waals surface area contributed by atoms with E-state index in [1.54, 1.807) is 11.3 Å². The number of carbonyl (C=O) groups excluding carboxylic acids is 1. The predicted molar refractivity (Wildman–Crippen MR) is 157 cm³/mol. The topological polar surface area (TPSA) is 72.3 Å². The first-order valence-corrected chi connectivity index (χ1v) is 15.6. The summed E-state index contributed by atoms with van der Waals surface area (Å²) in [5.41, 5.74) is 6.53. The van der Waals surface area contributed by atoms with Gasteiger partial charge in [-0.1, -0.05) is 0 Å². The van der Waals surface area contributed by atoms with Crippen LogP contribution in [-0.2, 0) is 6.54 Å². The number of aromatic nitrogens is 1. The Morgan fingerprint density at radius 3 is 2.50 bits per heavy atom. The Balaban J connectivity index is 1.21. The van der Waals surface area contributed by atoms with E-state index in [1.165, 1.54) is 15.5 Å². The van der Waals surface area contributed by atoms with Crippen molar-refractivity contribution < 1.29 is 4.79 Å². The number of piperazine rings is 1. The molecule has 1 fully saturated rings. The molecule has 3 aromatic carbocycles. The van der Waals surface area contributed by atoms with Gasteiger partial charge >= 0.3 is 210 Å². The molecule has 0 radical (unpaired) electrons. The SMILES string of the molecule is Cc1ccc(NC(=O)c2ccc(CN3CCN(C)CC3)cc2)cc1[AsH]c1nc(-c2ccc(C#N)cc2)cs1. The van der Waals surface area contributed by atoms with E-state index < -0.39 is 15.8 Å². The van der Waals surface area contributed by atoms with Gasteiger partial charge in [0.1, 0.15) is 0 Å². The van der Waals surface area contributed by atoms with Crippen LogP contribution in [0, 0.1) is 18.3 Å². The van der Waals surface area contributed by atoms with Crippen LogP contribution in [0.25, 0.3) is 11.3 Å². The van der Waals surface area contributed by atoms with Crippen molar-refractivity contribution in [3.05, 3.63) is 94.4 Å². The molecule has 1 aromatic heterocycles. The molecule has 1 atom stereocenters. The number of anilines is 1. The summed E-state index contributed by atoms with van der Waals surface area (Å²) < 4.78 is 2.39. The molecule has 0 spiro atoms. The molecule has 0 aliphatic carbocycles. The number of thiazole rings is 1. The molecule has 192 valence electrons. The van der Waals surface area contributed by atoms with E-state index in [9.17, 15) is 4.79 Å². The van der Waals surface area contributed by atoms with Crippen LogP contribution in [0.3, 0.4) is 0 Å². The Hall–Kier alpha value is -3.27. The average Bonchev–Trinajstić information content (AvgIpc) is 3.41. The molecule has 1 aliphatic heterocycles. The minimum absolute atomic E-state index is 0.0942. The van der Waals surface area contributed by atoms with Crippen molar-refractivity contribution in [1.82, 2.24) is 14.8 Å². The van der Waals surface area contributed by atoms with Gasteiger partial charge in [0, 0.05) is 13.1 Å². The number of rotatable bonds is 7. The van der Waals surface area contributed by atoms with Gasteiger partial charge in [-0.2, -0.15) is 0 Å². The van der Waals surface area contributed by atoms with E-state index in [-0.39, 0.29) is 5.91 Å². The van der Waals surface area contributed by atoms with Gasteiger partial charge in [0.2, 0.25) is 0 Å². The maximum atomic E-state index is 13.0. The zero-order valence-electron chi connectivity index (χ0n) is 21.6. The Kier molecular flexibility index (Phi) is 8.36. The number of amides is 1. The van der Waals surface area contributed by atoms with Gasteiger partial charge in [0.15, 0.2) is 0 Å². The van der Waals surface area contributed by atoms with Crippen molar-refractivity contribution in [2.45, 2.75) is 13.5 Å². The predicted octanol–water partition coefficient (Wildman–Crippen LogP) is 3.38. The van der Waals surface area contributed by atoms with E-state index >= 15 is 0 Å². The molecule has 38 heavy (non-hydrogen) atoms. The van der Waals surface area contributed by atoms with Crippen LogP contribution in [0.15, 0.2) is 72.1 Å². The van der Waals surface area contributed by atoms with Crippen LogP contribution in [0.4, 0.5) is 5.69 Å². The summed E-state index contributed by atoms with van der Waals surface area (Å²) >= 11 is 1.02. The summed E-state index contributed by atoms with van der Waals surface area (Å²) in [6.07, 6.45) is 0. The third-order valence-electron chi connectivity index (χ3n) is 6.77. The van der Waals surface area contributed by atoms with E-state index in [4.69, 9.17) is 10.2 Å². The van der Waals surface area contributed by atoms with E-state index in [1.807, 2.05) is 42.5 Å². The van der Waals surface area contributed by atoms with E-state index in [2.05, 4.69) is 64.8 Å². The van der Waals surface area contributed by atoms with E-state index in [0.717, 1.165) is 53.5 Å². The Labute approximate surface area is 234 Å². The third-order valence-corrected chi connectivity index (χ3v) is 11.1.